The van der Waals surface area contributed by atoms with Crippen LogP contribution in [0.3, 0.4) is 0 Å². The number of hydrogen-bond acceptors (Lipinski definition) is 18. The first-order chi connectivity index (χ1) is 33.5. The first-order valence-corrected chi connectivity index (χ1v) is 26.4. The molecular formula is C50H70N10O10S2. The van der Waals surface area contributed by atoms with Crippen molar-refractivity contribution in [1.29, 1.82) is 0 Å². The van der Waals surface area contributed by atoms with E-state index in [0.717, 1.165) is 24.0 Å². The summed E-state index contributed by atoms with van der Waals surface area (Å²) in [7, 11) is -1.10. The minimum Gasteiger partial charge on any atom is -0.494 e. The Kier molecular flexibility index (Phi) is 19.4. The molecule has 20 nitrogen and oxygen atoms in total. The van der Waals surface area contributed by atoms with Crippen molar-refractivity contribution >= 4 is 19.7 Å². The van der Waals surface area contributed by atoms with Crippen molar-refractivity contribution in [2.45, 2.75) is 115 Å². The van der Waals surface area contributed by atoms with Crippen LogP contribution in [-0.4, -0.2) is 132 Å². The van der Waals surface area contributed by atoms with Gasteiger partial charge in [-0.25, -0.2) is 36.8 Å². The summed E-state index contributed by atoms with van der Waals surface area (Å²) in [6.07, 6.45) is 8.30. The van der Waals surface area contributed by atoms with Crippen LogP contribution in [0.5, 0.6) is 23.0 Å². The van der Waals surface area contributed by atoms with Gasteiger partial charge < -0.3 is 28.4 Å². The van der Waals surface area contributed by atoms with Crippen LogP contribution in [0.4, 0.5) is 0 Å². The number of sulfone groups is 2. The molecule has 4 aromatic heterocycles. The second kappa shape index (κ2) is 24.5. The number of benzene rings is 2. The molecule has 6 aromatic rings. The van der Waals surface area contributed by atoms with Crippen molar-refractivity contribution < 1.29 is 45.3 Å². The zero-order chi connectivity index (χ0) is 50.3. The van der Waals surface area contributed by atoms with E-state index < -0.39 is 42.0 Å². The third-order valence-electron chi connectivity index (χ3n) is 13.0. The van der Waals surface area contributed by atoms with E-state index in [2.05, 4.69) is 40.3 Å². The zero-order valence-corrected chi connectivity index (χ0v) is 42.9. The Morgan fingerprint density at radius 3 is 1.15 bits per heavy atom. The van der Waals surface area contributed by atoms with Gasteiger partial charge >= 0.3 is 0 Å². The maximum atomic E-state index is 13.6. The van der Waals surface area contributed by atoms with E-state index in [1.165, 1.54) is 0 Å². The van der Waals surface area contributed by atoms with Gasteiger partial charge in [-0.05, 0) is 75.9 Å². The Morgan fingerprint density at radius 2 is 0.875 bits per heavy atom. The Bertz CT molecular complexity index is 2700. The third kappa shape index (κ3) is 12.2. The topological polar surface area (TPSA) is 237 Å². The van der Waals surface area contributed by atoms with E-state index in [0.29, 0.717) is 95.7 Å². The van der Waals surface area contributed by atoms with Gasteiger partial charge in [0.2, 0.25) is 0 Å². The molecule has 0 radical (unpaired) electrons. The molecule has 6 atom stereocenters. The van der Waals surface area contributed by atoms with Crippen molar-refractivity contribution in [2.24, 2.45) is 0 Å². The average molecular weight is 1040 g/mol. The summed E-state index contributed by atoms with van der Waals surface area (Å²) < 4.78 is 91.4. The Hall–Kier alpha value is -6.10. The van der Waals surface area contributed by atoms with Crippen LogP contribution in [0.25, 0.3) is 11.4 Å². The summed E-state index contributed by atoms with van der Waals surface area (Å²) in [6, 6.07) is 10.8. The van der Waals surface area contributed by atoms with Gasteiger partial charge in [0, 0.05) is 61.7 Å². The van der Waals surface area contributed by atoms with Gasteiger partial charge in [0.1, 0.15) is 69.2 Å². The lowest BCUT2D eigenvalue weighted by atomic mass is 10.1. The normalized spacial score (nSPS) is 17.3. The molecule has 8 rings (SSSR count). The summed E-state index contributed by atoms with van der Waals surface area (Å²) in [6.45, 7) is 13.0. The molecule has 2 fully saturated rings. The van der Waals surface area contributed by atoms with E-state index in [9.17, 15) is 16.8 Å². The standard InChI is InChI=1S/2C24H31N5O5S.2CH4/c2*1-15-11-25-23(26-12-15)16(2)17(3)35(30,31)14-21-27-28-24(18-9-10-34-13-18)29(21)22-19(32-4)7-6-8-20(22)33-5;;/h2*6-8,11-12,16-18H,9-10,13-14H2,1-5H3;2*1H4/t16-,17-,18+;16-,17-,18-;;/m00../s1. The summed E-state index contributed by atoms with van der Waals surface area (Å²) in [5, 5.41) is 16.0. The summed E-state index contributed by atoms with van der Waals surface area (Å²) in [5.41, 5.74) is 2.96. The van der Waals surface area contributed by atoms with Crippen molar-refractivity contribution in [3.63, 3.8) is 0 Å². The van der Waals surface area contributed by atoms with Gasteiger partial charge in [0.25, 0.3) is 0 Å². The van der Waals surface area contributed by atoms with Crippen molar-refractivity contribution in [3.8, 4) is 34.4 Å². The van der Waals surface area contributed by atoms with Crippen LogP contribution < -0.4 is 18.9 Å². The van der Waals surface area contributed by atoms with Gasteiger partial charge in [0.05, 0.1) is 52.2 Å². The first-order valence-electron chi connectivity index (χ1n) is 23.0. The van der Waals surface area contributed by atoms with Gasteiger partial charge in [-0.15, -0.1) is 20.4 Å². The molecule has 6 heterocycles. The fourth-order valence-electron chi connectivity index (χ4n) is 8.38. The maximum absolute atomic E-state index is 13.6. The SMILES string of the molecule is C.C.COc1cccc(OC)c1-n1c(CS(=O)(=O)[C@@H](C)[C@H](C)c2ncc(C)cn2)nnc1[C@@H]1CCOC1.COc1cccc(OC)c1-n1c(CS(=O)(=O)[C@@H](C)[C@H](C)c2ncc(C)cn2)nnc1[C@H]1CCOC1. The molecule has 2 aliphatic rings. The minimum atomic E-state index is -3.67. The molecule has 2 aromatic carbocycles. The summed E-state index contributed by atoms with van der Waals surface area (Å²) in [5.74, 6) is 3.43. The van der Waals surface area contributed by atoms with Crippen LogP contribution in [0.2, 0.25) is 0 Å². The van der Waals surface area contributed by atoms with Gasteiger partial charge in [0.15, 0.2) is 31.3 Å². The van der Waals surface area contributed by atoms with Gasteiger partial charge in [-0.2, -0.15) is 0 Å². The highest BCUT2D eigenvalue weighted by atomic mass is 32.2. The predicted octanol–water partition coefficient (Wildman–Crippen LogP) is 7.26. The Labute approximate surface area is 424 Å². The van der Waals surface area contributed by atoms with E-state index >= 15 is 0 Å². The van der Waals surface area contributed by atoms with Crippen molar-refractivity contribution in [2.75, 3.05) is 54.9 Å². The lowest BCUT2D eigenvalue weighted by Gasteiger charge is -2.21. The highest BCUT2D eigenvalue weighted by molar-refractivity contribution is 7.91. The Morgan fingerprint density at radius 1 is 0.556 bits per heavy atom. The van der Waals surface area contributed by atoms with E-state index in [-0.39, 0.29) is 38.2 Å². The number of aryl methyl sites for hydroxylation is 2. The average Bonchev–Trinajstić information content (AvgIpc) is 4.22. The lowest BCUT2D eigenvalue weighted by molar-refractivity contribution is 0.193. The Balaban J connectivity index is 0.000000260. The molecule has 0 amide bonds. The molecular weight excluding hydrogens is 965 g/mol. The number of para-hydroxylation sites is 2. The fraction of sp³-hybridized carbons (Fsp3) is 0.520. The molecule has 72 heavy (non-hydrogen) atoms. The third-order valence-corrected chi connectivity index (χ3v) is 17.4. The quantitative estimate of drug-likeness (QED) is 0.0823. The molecule has 22 heteroatoms. The van der Waals surface area contributed by atoms with Crippen LogP contribution in [-0.2, 0) is 40.7 Å². The van der Waals surface area contributed by atoms with Crippen molar-refractivity contribution in [1.82, 2.24) is 49.5 Å². The minimum absolute atomic E-state index is 0. The predicted molar refractivity (Wildman–Crippen MR) is 273 cm³/mol. The van der Waals surface area contributed by atoms with Crippen LogP contribution in [0.15, 0.2) is 61.2 Å². The number of hydrogen-bond donors (Lipinski definition) is 0. The lowest BCUT2D eigenvalue weighted by Crippen LogP contribution is -2.27. The number of nitrogens with zero attached hydrogens (tertiary/aromatic N) is 10. The summed E-state index contributed by atoms with van der Waals surface area (Å²) >= 11 is 0. The van der Waals surface area contributed by atoms with Crippen LogP contribution >= 0.6 is 0 Å². The molecule has 0 unspecified atom stereocenters. The number of aromatic nitrogens is 10. The molecule has 0 aliphatic carbocycles. The fourth-order valence-corrected chi connectivity index (χ4v) is 11.5. The van der Waals surface area contributed by atoms with Gasteiger partial charge in [-0.1, -0.05) is 40.8 Å². The maximum Gasteiger partial charge on any atom is 0.160 e. The number of methoxy groups -OCH3 is 4. The molecule has 2 aliphatic heterocycles. The molecule has 0 bridgehead atoms. The van der Waals surface area contributed by atoms with E-state index in [1.807, 2.05) is 39.8 Å². The smallest absolute Gasteiger partial charge is 0.160 e. The number of ether oxygens (including phenoxy) is 6. The molecule has 2 saturated heterocycles. The monoisotopic (exact) mass is 1030 g/mol. The first kappa shape index (κ1) is 56.8. The molecule has 0 saturated carbocycles. The van der Waals surface area contributed by atoms with Crippen molar-refractivity contribution in [3.05, 3.63) is 107 Å². The van der Waals surface area contributed by atoms with Gasteiger partial charge in [-0.3, -0.25) is 9.13 Å². The second-order valence-corrected chi connectivity index (χ2v) is 22.3. The molecule has 0 N–H and O–H groups in total. The van der Waals surface area contributed by atoms with E-state index in [1.54, 1.807) is 100 Å². The molecule has 0 spiro atoms. The highest BCUT2D eigenvalue weighted by Crippen LogP contribution is 2.39. The zero-order valence-electron chi connectivity index (χ0n) is 41.3. The second-order valence-electron chi connectivity index (χ2n) is 17.6. The van der Waals surface area contributed by atoms with Crippen LogP contribution in [0, 0.1) is 13.8 Å². The summed E-state index contributed by atoms with van der Waals surface area (Å²) in [4.78, 5) is 17.3. The largest absolute Gasteiger partial charge is 0.494 e. The van der Waals surface area contributed by atoms with Crippen LogP contribution in [0.1, 0.15) is 125 Å². The highest BCUT2D eigenvalue weighted by Gasteiger charge is 2.37. The molecule has 392 valence electrons. The number of rotatable bonds is 18. The van der Waals surface area contributed by atoms with E-state index in [4.69, 9.17) is 28.4 Å².